The van der Waals surface area contributed by atoms with Crippen LogP contribution in [0.2, 0.25) is 0 Å². The number of amides is 1. The summed E-state index contributed by atoms with van der Waals surface area (Å²) < 4.78 is 31.7. The molecule has 0 fully saturated rings. The molecule has 0 spiro atoms. The quantitative estimate of drug-likeness (QED) is 0.339. The van der Waals surface area contributed by atoms with Gasteiger partial charge in [-0.05, 0) is 12.0 Å². The highest BCUT2D eigenvalue weighted by Gasteiger charge is 2.17. The monoisotopic (exact) mass is 373 g/mol. The van der Waals surface area contributed by atoms with Crippen LogP contribution in [-0.4, -0.2) is 45.6 Å². The SMILES string of the molecule is CC(C)COCCC(=O)NCCNS(=O)(=O)c1cccc([N+](=O)[O-])c1. The fourth-order valence-corrected chi connectivity index (χ4v) is 2.88. The van der Waals surface area contributed by atoms with Gasteiger partial charge in [-0.2, -0.15) is 0 Å². The summed E-state index contributed by atoms with van der Waals surface area (Å²) >= 11 is 0. The van der Waals surface area contributed by atoms with Gasteiger partial charge in [-0.25, -0.2) is 13.1 Å². The lowest BCUT2D eigenvalue weighted by atomic mass is 10.2. The third kappa shape index (κ3) is 8.05. The van der Waals surface area contributed by atoms with Gasteiger partial charge in [-0.15, -0.1) is 0 Å². The molecule has 0 radical (unpaired) electrons. The van der Waals surface area contributed by atoms with Gasteiger partial charge in [0.2, 0.25) is 15.9 Å². The summed E-state index contributed by atoms with van der Waals surface area (Å²) in [5, 5.41) is 13.3. The minimum absolute atomic E-state index is 0.0242. The third-order valence-corrected chi connectivity index (χ3v) is 4.46. The van der Waals surface area contributed by atoms with Gasteiger partial charge in [0.05, 0.1) is 16.4 Å². The normalized spacial score (nSPS) is 11.5. The molecule has 140 valence electrons. The van der Waals surface area contributed by atoms with Crippen LogP contribution in [0.3, 0.4) is 0 Å². The average molecular weight is 373 g/mol. The molecule has 0 unspecified atom stereocenters. The maximum Gasteiger partial charge on any atom is 0.270 e. The number of nitrogens with one attached hydrogen (secondary N) is 2. The number of nitro groups is 1. The van der Waals surface area contributed by atoms with E-state index in [2.05, 4.69) is 10.0 Å². The van der Waals surface area contributed by atoms with Crippen molar-refractivity contribution in [2.75, 3.05) is 26.3 Å². The van der Waals surface area contributed by atoms with Gasteiger partial charge in [0.1, 0.15) is 0 Å². The average Bonchev–Trinajstić information content (AvgIpc) is 2.55. The second-order valence-corrected chi connectivity index (χ2v) is 7.49. The van der Waals surface area contributed by atoms with Gasteiger partial charge >= 0.3 is 0 Å². The van der Waals surface area contributed by atoms with Crippen LogP contribution >= 0.6 is 0 Å². The first kappa shape index (κ1) is 21.0. The molecule has 1 aromatic carbocycles. The van der Waals surface area contributed by atoms with E-state index >= 15 is 0 Å². The molecule has 0 aromatic heterocycles. The van der Waals surface area contributed by atoms with Crippen LogP contribution < -0.4 is 10.0 Å². The fourth-order valence-electron chi connectivity index (χ4n) is 1.81. The molecule has 0 aliphatic heterocycles. The van der Waals surface area contributed by atoms with E-state index in [0.29, 0.717) is 19.1 Å². The number of nitrogens with zero attached hydrogens (tertiary/aromatic N) is 1. The van der Waals surface area contributed by atoms with Gasteiger partial charge in [0, 0.05) is 38.2 Å². The molecule has 10 heteroatoms. The van der Waals surface area contributed by atoms with Gasteiger partial charge in [-0.3, -0.25) is 14.9 Å². The van der Waals surface area contributed by atoms with E-state index in [1.54, 1.807) is 0 Å². The van der Waals surface area contributed by atoms with Crippen LogP contribution in [-0.2, 0) is 19.6 Å². The second-order valence-electron chi connectivity index (χ2n) is 5.72. The first-order valence-electron chi connectivity index (χ1n) is 7.81. The lowest BCUT2D eigenvalue weighted by Gasteiger charge is -2.09. The molecule has 0 bridgehead atoms. The van der Waals surface area contributed by atoms with Crippen LogP contribution in [0.25, 0.3) is 0 Å². The molecule has 0 aliphatic rings. The zero-order valence-corrected chi connectivity index (χ0v) is 15.0. The van der Waals surface area contributed by atoms with Crippen molar-refractivity contribution in [1.29, 1.82) is 0 Å². The summed E-state index contributed by atoms with van der Waals surface area (Å²) in [7, 11) is -3.88. The van der Waals surface area contributed by atoms with Crippen molar-refractivity contribution in [3.05, 3.63) is 34.4 Å². The maximum absolute atomic E-state index is 12.1. The lowest BCUT2D eigenvalue weighted by Crippen LogP contribution is -2.35. The van der Waals surface area contributed by atoms with Gasteiger partial charge < -0.3 is 10.1 Å². The molecule has 1 rings (SSSR count). The number of benzene rings is 1. The molecule has 0 heterocycles. The molecule has 1 amide bonds. The van der Waals surface area contributed by atoms with Crippen molar-refractivity contribution >= 4 is 21.6 Å². The Morgan fingerprint density at radius 1 is 1.32 bits per heavy atom. The highest BCUT2D eigenvalue weighted by molar-refractivity contribution is 7.89. The lowest BCUT2D eigenvalue weighted by molar-refractivity contribution is -0.385. The number of ether oxygens (including phenoxy) is 1. The molecule has 0 atom stereocenters. The Labute approximate surface area is 147 Å². The smallest absolute Gasteiger partial charge is 0.270 e. The number of sulfonamides is 1. The van der Waals surface area contributed by atoms with Crippen molar-refractivity contribution in [1.82, 2.24) is 10.0 Å². The van der Waals surface area contributed by atoms with Gasteiger partial charge in [-0.1, -0.05) is 19.9 Å². The molecule has 9 nitrogen and oxygen atoms in total. The summed E-state index contributed by atoms with van der Waals surface area (Å²) in [6.07, 6.45) is 0.199. The van der Waals surface area contributed by atoms with Gasteiger partial charge in [0.15, 0.2) is 0 Å². The van der Waals surface area contributed by atoms with E-state index in [9.17, 15) is 23.3 Å². The van der Waals surface area contributed by atoms with Crippen LogP contribution in [0.15, 0.2) is 29.2 Å². The van der Waals surface area contributed by atoms with E-state index < -0.39 is 14.9 Å². The summed E-state index contributed by atoms with van der Waals surface area (Å²) in [6.45, 7) is 4.99. The van der Waals surface area contributed by atoms with E-state index in [1.807, 2.05) is 13.8 Å². The maximum atomic E-state index is 12.1. The molecule has 25 heavy (non-hydrogen) atoms. The van der Waals surface area contributed by atoms with E-state index in [0.717, 1.165) is 6.07 Å². The summed E-state index contributed by atoms with van der Waals surface area (Å²) in [5.74, 6) is 0.157. The molecule has 1 aromatic rings. The Kier molecular flexibility index (Phi) is 8.46. The number of carbonyl (C=O) groups is 1. The minimum Gasteiger partial charge on any atom is -0.381 e. The van der Waals surface area contributed by atoms with Crippen LogP contribution in [0.4, 0.5) is 5.69 Å². The molecule has 2 N–H and O–H groups in total. The Morgan fingerprint density at radius 3 is 2.68 bits per heavy atom. The Bertz CT molecular complexity index is 690. The molecule has 0 aliphatic carbocycles. The van der Waals surface area contributed by atoms with E-state index in [-0.39, 0.29) is 36.0 Å². The zero-order chi connectivity index (χ0) is 18.9. The summed E-state index contributed by atoms with van der Waals surface area (Å²) in [6, 6.07) is 4.75. The minimum atomic E-state index is -3.88. The summed E-state index contributed by atoms with van der Waals surface area (Å²) in [4.78, 5) is 21.4. The first-order valence-corrected chi connectivity index (χ1v) is 9.29. The number of non-ortho nitro benzene ring substituents is 1. The van der Waals surface area contributed by atoms with Crippen molar-refractivity contribution in [3.63, 3.8) is 0 Å². The number of nitro benzene ring substituents is 1. The molecular weight excluding hydrogens is 350 g/mol. The van der Waals surface area contributed by atoms with Crippen LogP contribution in [0.5, 0.6) is 0 Å². The Hall–Kier alpha value is -2.04. The first-order chi connectivity index (χ1) is 11.7. The van der Waals surface area contributed by atoms with E-state index in [4.69, 9.17) is 4.74 Å². The van der Waals surface area contributed by atoms with Gasteiger partial charge in [0.25, 0.3) is 5.69 Å². The van der Waals surface area contributed by atoms with Crippen molar-refractivity contribution < 1.29 is 22.9 Å². The highest BCUT2D eigenvalue weighted by atomic mass is 32.2. The van der Waals surface area contributed by atoms with Crippen LogP contribution in [0.1, 0.15) is 20.3 Å². The molecular formula is C15H23N3O6S. The number of carbonyl (C=O) groups excluding carboxylic acids is 1. The highest BCUT2D eigenvalue weighted by Crippen LogP contribution is 2.16. The number of hydrogen-bond donors (Lipinski definition) is 2. The van der Waals surface area contributed by atoms with Crippen molar-refractivity contribution in [3.8, 4) is 0 Å². The number of rotatable bonds is 11. The predicted octanol–water partition coefficient (Wildman–Crippen LogP) is 1.05. The Balaban J connectivity index is 2.36. The van der Waals surface area contributed by atoms with Crippen molar-refractivity contribution in [2.45, 2.75) is 25.2 Å². The Morgan fingerprint density at radius 2 is 2.04 bits per heavy atom. The fraction of sp³-hybridized carbons (Fsp3) is 0.533. The summed E-state index contributed by atoms with van der Waals surface area (Å²) in [5.41, 5.74) is -0.308. The molecule has 0 saturated heterocycles. The predicted molar refractivity (Wildman–Crippen MR) is 91.6 cm³/mol. The zero-order valence-electron chi connectivity index (χ0n) is 14.2. The topological polar surface area (TPSA) is 128 Å². The second kappa shape index (κ2) is 10.1. The van der Waals surface area contributed by atoms with Crippen LogP contribution in [0, 0.1) is 16.0 Å². The largest absolute Gasteiger partial charge is 0.381 e. The molecule has 0 saturated carbocycles. The number of hydrogen-bond acceptors (Lipinski definition) is 6. The standard InChI is InChI=1S/C15H23N3O6S/c1-12(2)11-24-9-6-15(19)16-7-8-17-25(22,23)14-5-3-4-13(10-14)18(20)21/h3-5,10,12,17H,6-9,11H2,1-2H3,(H,16,19). The van der Waals surface area contributed by atoms with E-state index in [1.165, 1.54) is 18.2 Å². The van der Waals surface area contributed by atoms with Crippen molar-refractivity contribution in [2.24, 2.45) is 5.92 Å². The third-order valence-electron chi connectivity index (χ3n) is 3.00.